The summed E-state index contributed by atoms with van der Waals surface area (Å²) in [6.07, 6.45) is 7.24. The minimum atomic E-state index is -0.288. The molecule has 0 aromatic heterocycles. The molecule has 29 heavy (non-hydrogen) atoms. The van der Waals surface area contributed by atoms with E-state index in [1.807, 2.05) is 12.1 Å². The van der Waals surface area contributed by atoms with E-state index in [1.165, 1.54) is 5.57 Å². The molecule has 4 aliphatic rings. The molecular weight excluding hydrogens is 368 g/mol. The molecule has 2 atom stereocenters. The van der Waals surface area contributed by atoms with E-state index in [-0.39, 0.29) is 11.7 Å². The highest BCUT2D eigenvalue weighted by Gasteiger charge is 2.39. The average Bonchev–Trinajstić information content (AvgIpc) is 2.71. The third kappa shape index (κ3) is 2.83. The van der Waals surface area contributed by atoms with E-state index in [1.54, 1.807) is 14.2 Å². The normalized spacial score (nSPS) is 26.0. The van der Waals surface area contributed by atoms with E-state index in [2.05, 4.69) is 39.0 Å². The van der Waals surface area contributed by atoms with Crippen LogP contribution >= 0.6 is 0 Å². The van der Waals surface area contributed by atoms with Gasteiger partial charge in [-0.25, -0.2) is 0 Å². The number of fused-ring (bicyclic) bond motifs is 4. The monoisotopic (exact) mass is 394 g/mol. The lowest BCUT2D eigenvalue weighted by Crippen LogP contribution is -2.34. The molecule has 0 saturated carbocycles. The van der Waals surface area contributed by atoms with E-state index >= 15 is 0 Å². The van der Waals surface area contributed by atoms with Crippen LogP contribution < -0.4 is 14.2 Å². The fourth-order valence-electron chi connectivity index (χ4n) is 4.48. The maximum Gasteiger partial charge on any atom is 0.164 e. The van der Waals surface area contributed by atoms with Crippen molar-refractivity contribution in [2.24, 2.45) is 5.92 Å². The summed E-state index contributed by atoms with van der Waals surface area (Å²) >= 11 is 0. The van der Waals surface area contributed by atoms with Gasteiger partial charge in [0.15, 0.2) is 17.6 Å². The Balaban J connectivity index is 1.61. The van der Waals surface area contributed by atoms with Gasteiger partial charge in [0.1, 0.15) is 29.5 Å². The predicted molar refractivity (Wildman–Crippen MR) is 110 cm³/mol. The number of hydrogen-bond acceptors (Lipinski definition) is 5. The maximum atomic E-state index is 6.49. The predicted octanol–water partition coefficient (Wildman–Crippen LogP) is 4.79. The highest BCUT2D eigenvalue weighted by Crippen LogP contribution is 2.49. The van der Waals surface area contributed by atoms with Crippen molar-refractivity contribution in [2.75, 3.05) is 20.8 Å². The first-order chi connectivity index (χ1) is 13.9. The summed E-state index contributed by atoms with van der Waals surface area (Å²) in [6, 6.07) is 3.86. The van der Waals surface area contributed by atoms with E-state index in [4.69, 9.17) is 23.7 Å². The van der Waals surface area contributed by atoms with E-state index < -0.39 is 0 Å². The number of hydrogen-bond donors (Lipinski definition) is 0. The zero-order valence-electron chi connectivity index (χ0n) is 17.5. The van der Waals surface area contributed by atoms with Crippen LogP contribution in [0.4, 0.5) is 0 Å². The van der Waals surface area contributed by atoms with Crippen LogP contribution in [-0.2, 0) is 9.47 Å². The van der Waals surface area contributed by atoms with Crippen molar-refractivity contribution >= 4 is 5.57 Å². The van der Waals surface area contributed by atoms with Crippen molar-refractivity contribution in [3.8, 4) is 17.2 Å². The van der Waals surface area contributed by atoms with Crippen LogP contribution in [0.3, 0.4) is 0 Å². The molecule has 152 valence electrons. The molecule has 1 aliphatic carbocycles. The topological polar surface area (TPSA) is 46.2 Å². The summed E-state index contributed by atoms with van der Waals surface area (Å²) in [4.78, 5) is 0. The molecule has 0 radical (unpaired) electrons. The van der Waals surface area contributed by atoms with Gasteiger partial charge in [-0.2, -0.15) is 0 Å². The molecule has 0 saturated heterocycles. The van der Waals surface area contributed by atoms with Crippen LogP contribution in [0.25, 0.3) is 5.57 Å². The van der Waals surface area contributed by atoms with E-state index in [0.29, 0.717) is 24.0 Å². The summed E-state index contributed by atoms with van der Waals surface area (Å²) in [5, 5.41) is 0. The van der Waals surface area contributed by atoms with Gasteiger partial charge in [-0.3, -0.25) is 0 Å². The zero-order valence-corrected chi connectivity index (χ0v) is 17.5. The Morgan fingerprint density at radius 1 is 1.10 bits per heavy atom. The first-order valence-electron chi connectivity index (χ1n) is 10.0. The molecule has 5 rings (SSSR count). The third-order valence-electron chi connectivity index (χ3n) is 5.92. The average molecular weight is 394 g/mol. The molecule has 0 N–H and O–H groups in total. The summed E-state index contributed by atoms with van der Waals surface area (Å²) < 4.78 is 29.7. The van der Waals surface area contributed by atoms with Gasteiger partial charge in [0, 0.05) is 23.1 Å². The second-order valence-electron chi connectivity index (χ2n) is 8.50. The van der Waals surface area contributed by atoms with Crippen molar-refractivity contribution in [2.45, 2.75) is 38.9 Å². The lowest BCUT2D eigenvalue weighted by molar-refractivity contribution is 0.0450. The molecular formula is C24H26O5. The fraction of sp³-hybridized carbons (Fsp3) is 0.417. The van der Waals surface area contributed by atoms with Crippen LogP contribution in [0.1, 0.15) is 32.8 Å². The number of allylic oxidation sites excluding steroid dienone is 4. The molecule has 1 aromatic rings. The molecule has 0 spiro atoms. The fourth-order valence-corrected chi connectivity index (χ4v) is 4.48. The number of methoxy groups -OCH3 is 2. The first-order valence-corrected chi connectivity index (χ1v) is 10.0. The second kappa shape index (κ2) is 6.34. The Labute approximate surface area is 171 Å². The maximum absolute atomic E-state index is 6.49. The van der Waals surface area contributed by atoms with Crippen LogP contribution in [0, 0.1) is 5.92 Å². The Bertz CT molecular complexity index is 1010. The lowest BCUT2D eigenvalue weighted by atomic mass is 9.82. The third-order valence-corrected chi connectivity index (χ3v) is 5.92. The first kappa shape index (κ1) is 18.2. The molecule has 1 aromatic carbocycles. The Morgan fingerprint density at radius 3 is 2.62 bits per heavy atom. The molecule has 0 amide bonds. The SMILES string of the molecule is COc1cc2c(cc1OC)C1=CC3=C(O[C@@H]1CO2)C1=C(OC(C)(C)C=C1)C(C)C3. The Hall–Kier alpha value is -2.82. The molecule has 5 nitrogen and oxygen atoms in total. The highest BCUT2D eigenvalue weighted by molar-refractivity contribution is 5.80. The summed E-state index contributed by atoms with van der Waals surface area (Å²) in [5.41, 5.74) is 4.10. The number of ether oxygens (including phenoxy) is 5. The van der Waals surface area contributed by atoms with Gasteiger partial charge in [0.25, 0.3) is 0 Å². The van der Waals surface area contributed by atoms with Crippen molar-refractivity contribution in [3.63, 3.8) is 0 Å². The molecule has 0 fully saturated rings. The van der Waals surface area contributed by atoms with Gasteiger partial charge in [-0.15, -0.1) is 0 Å². The van der Waals surface area contributed by atoms with Crippen molar-refractivity contribution in [1.82, 2.24) is 0 Å². The molecule has 1 unspecified atom stereocenters. The van der Waals surface area contributed by atoms with Crippen LogP contribution in [0.15, 0.2) is 53.0 Å². The molecule has 3 heterocycles. The summed E-state index contributed by atoms with van der Waals surface area (Å²) in [5.74, 6) is 4.39. The number of benzene rings is 1. The van der Waals surface area contributed by atoms with Crippen molar-refractivity contribution in [3.05, 3.63) is 58.6 Å². The molecule has 0 bridgehead atoms. The van der Waals surface area contributed by atoms with Crippen LogP contribution in [0.2, 0.25) is 0 Å². The molecule has 5 heteroatoms. The van der Waals surface area contributed by atoms with E-state index in [0.717, 1.165) is 40.4 Å². The Morgan fingerprint density at radius 2 is 1.86 bits per heavy atom. The van der Waals surface area contributed by atoms with Gasteiger partial charge in [0.05, 0.1) is 19.8 Å². The van der Waals surface area contributed by atoms with Crippen LogP contribution in [0.5, 0.6) is 17.2 Å². The van der Waals surface area contributed by atoms with Gasteiger partial charge in [-0.05, 0) is 50.1 Å². The van der Waals surface area contributed by atoms with E-state index in [9.17, 15) is 0 Å². The summed E-state index contributed by atoms with van der Waals surface area (Å²) in [7, 11) is 3.28. The van der Waals surface area contributed by atoms with Gasteiger partial charge in [-0.1, -0.05) is 6.92 Å². The standard InChI is InChI=1S/C24H26O5/c1-13-8-14-9-16-17-10-19(25-4)20(26-5)11-18(17)27-12-21(16)28-23(14)15-6-7-24(2,3)29-22(13)15/h6-7,9-11,13,21H,8,12H2,1-5H3/t13?,21-/m1/s1. The zero-order chi connectivity index (χ0) is 20.3. The largest absolute Gasteiger partial charge is 0.493 e. The lowest BCUT2D eigenvalue weighted by Gasteiger charge is -2.40. The smallest absolute Gasteiger partial charge is 0.164 e. The van der Waals surface area contributed by atoms with Gasteiger partial charge >= 0.3 is 0 Å². The van der Waals surface area contributed by atoms with Crippen LogP contribution in [-0.4, -0.2) is 32.5 Å². The van der Waals surface area contributed by atoms with Crippen molar-refractivity contribution < 1.29 is 23.7 Å². The van der Waals surface area contributed by atoms with Crippen molar-refractivity contribution in [1.29, 1.82) is 0 Å². The molecule has 3 aliphatic heterocycles. The quantitative estimate of drug-likeness (QED) is 0.722. The Kier molecular flexibility index (Phi) is 3.99. The van der Waals surface area contributed by atoms with Gasteiger partial charge in [0.2, 0.25) is 0 Å². The number of rotatable bonds is 2. The second-order valence-corrected chi connectivity index (χ2v) is 8.50. The summed E-state index contributed by atoms with van der Waals surface area (Å²) in [6.45, 7) is 6.83. The minimum absolute atomic E-state index is 0.162. The minimum Gasteiger partial charge on any atom is -0.493 e. The highest BCUT2D eigenvalue weighted by atomic mass is 16.5. The van der Waals surface area contributed by atoms with Gasteiger partial charge < -0.3 is 23.7 Å².